The van der Waals surface area contributed by atoms with Gasteiger partial charge in [0.25, 0.3) is 5.69 Å². The molecule has 1 aromatic rings. The van der Waals surface area contributed by atoms with Crippen molar-refractivity contribution in [2.45, 2.75) is 31.1 Å². The summed E-state index contributed by atoms with van der Waals surface area (Å²) >= 11 is 0. The van der Waals surface area contributed by atoms with Crippen LogP contribution in [0, 0.1) is 10.1 Å². The Morgan fingerprint density at radius 1 is 1.28 bits per heavy atom. The zero-order valence-corrected chi connectivity index (χ0v) is 10.9. The minimum absolute atomic E-state index is 0.00710. The lowest BCUT2D eigenvalue weighted by molar-refractivity contribution is -0.384. The van der Waals surface area contributed by atoms with Gasteiger partial charge in [0.05, 0.1) is 15.7 Å². The van der Waals surface area contributed by atoms with Gasteiger partial charge >= 0.3 is 0 Å². The number of ketones is 1. The summed E-state index contributed by atoms with van der Waals surface area (Å²) < 4.78 is 11.8. The third kappa shape index (κ3) is 4.75. The van der Waals surface area contributed by atoms with E-state index in [2.05, 4.69) is 0 Å². The van der Waals surface area contributed by atoms with E-state index < -0.39 is 15.7 Å². The molecule has 0 radical (unpaired) electrons. The van der Waals surface area contributed by atoms with E-state index in [9.17, 15) is 19.1 Å². The molecule has 0 amide bonds. The first-order valence-corrected chi connectivity index (χ1v) is 6.95. The number of benzene rings is 1. The van der Waals surface area contributed by atoms with Crippen molar-refractivity contribution in [2.24, 2.45) is 0 Å². The van der Waals surface area contributed by atoms with Crippen molar-refractivity contribution in [1.29, 1.82) is 0 Å². The first-order valence-electron chi connectivity index (χ1n) is 5.63. The maximum absolute atomic E-state index is 11.8. The highest BCUT2D eigenvalue weighted by atomic mass is 32.2. The first-order chi connectivity index (χ1) is 8.50. The molecule has 0 saturated carbocycles. The molecule has 1 rings (SSSR count). The summed E-state index contributed by atoms with van der Waals surface area (Å²) in [6.07, 6.45) is 1.95. The second-order valence-corrected chi connectivity index (χ2v) is 5.53. The van der Waals surface area contributed by atoms with Gasteiger partial charge in [-0.2, -0.15) is 0 Å². The summed E-state index contributed by atoms with van der Waals surface area (Å²) in [6.45, 7) is 1.54. The van der Waals surface area contributed by atoms with Gasteiger partial charge < -0.3 is 4.79 Å². The Kier molecular flexibility index (Phi) is 5.64. The number of hydrogen-bond donors (Lipinski definition) is 0. The number of rotatable bonds is 7. The van der Waals surface area contributed by atoms with Gasteiger partial charge in [-0.15, -0.1) is 0 Å². The standard InChI is InChI=1S/C12H15NO4S/c1-10(14)4-2-3-9-18(17)12-7-5-11(6-8-12)13(15)16/h5-8H,2-4,9H2,1H3. The predicted octanol–water partition coefficient (Wildman–Crippen LogP) is 2.46. The van der Waals surface area contributed by atoms with Gasteiger partial charge in [-0.1, -0.05) is 0 Å². The Morgan fingerprint density at radius 3 is 2.39 bits per heavy atom. The Hall–Kier alpha value is -1.56. The quantitative estimate of drug-likeness (QED) is 0.433. The second-order valence-electron chi connectivity index (χ2n) is 3.96. The molecule has 0 aliphatic carbocycles. The highest BCUT2D eigenvalue weighted by Crippen LogP contribution is 2.15. The van der Waals surface area contributed by atoms with Crippen LogP contribution in [0.25, 0.3) is 0 Å². The minimum Gasteiger partial charge on any atom is -0.300 e. The van der Waals surface area contributed by atoms with Crippen molar-refractivity contribution in [3.8, 4) is 0 Å². The van der Waals surface area contributed by atoms with Crippen LogP contribution < -0.4 is 0 Å². The third-order valence-electron chi connectivity index (χ3n) is 2.42. The summed E-state index contributed by atoms with van der Waals surface area (Å²) in [5, 5.41) is 10.5. The van der Waals surface area contributed by atoms with Gasteiger partial charge in [0.2, 0.25) is 0 Å². The maximum Gasteiger partial charge on any atom is 0.269 e. The van der Waals surface area contributed by atoms with Crippen molar-refractivity contribution in [2.75, 3.05) is 5.75 Å². The van der Waals surface area contributed by atoms with E-state index in [4.69, 9.17) is 0 Å². The van der Waals surface area contributed by atoms with Crippen molar-refractivity contribution >= 4 is 22.3 Å². The number of Topliss-reactive ketones (excluding diaryl/α,β-unsaturated/α-hetero) is 1. The summed E-state index contributed by atoms with van der Waals surface area (Å²) in [5.41, 5.74) is -0.00710. The summed E-state index contributed by atoms with van der Waals surface area (Å²) in [5.74, 6) is 0.613. The fourth-order valence-corrected chi connectivity index (χ4v) is 2.59. The number of non-ortho nitro benzene ring substituents is 1. The minimum atomic E-state index is -1.15. The molecular weight excluding hydrogens is 254 g/mol. The first kappa shape index (κ1) is 14.5. The van der Waals surface area contributed by atoms with Gasteiger partial charge in [0, 0.05) is 29.2 Å². The Bertz CT molecular complexity index is 456. The van der Waals surface area contributed by atoms with Crippen LogP contribution in [0.4, 0.5) is 5.69 Å². The Labute approximate surface area is 108 Å². The van der Waals surface area contributed by atoms with E-state index >= 15 is 0 Å². The highest BCUT2D eigenvalue weighted by Gasteiger charge is 2.08. The van der Waals surface area contributed by atoms with Gasteiger partial charge in [-0.25, -0.2) is 0 Å². The lowest BCUT2D eigenvalue weighted by Crippen LogP contribution is -2.00. The lowest BCUT2D eigenvalue weighted by Gasteiger charge is -2.01. The van der Waals surface area contributed by atoms with Gasteiger partial charge in [-0.05, 0) is 31.9 Å². The third-order valence-corrected chi connectivity index (χ3v) is 3.88. The van der Waals surface area contributed by atoms with Crippen molar-refractivity contribution in [3.63, 3.8) is 0 Å². The molecule has 5 nitrogen and oxygen atoms in total. The van der Waals surface area contributed by atoms with Crippen LogP contribution in [0.1, 0.15) is 26.2 Å². The summed E-state index contributed by atoms with van der Waals surface area (Å²) in [7, 11) is -1.15. The molecule has 0 aromatic heterocycles. The number of unbranched alkanes of at least 4 members (excludes halogenated alkanes) is 1. The number of nitro benzene ring substituents is 1. The number of hydrogen-bond acceptors (Lipinski definition) is 4. The molecule has 0 N–H and O–H groups in total. The van der Waals surface area contributed by atoms with Crippen LogP contribution in [-0.4, -0.2) is 20.7 Å². The van der Waals surface area contributed by atoms with E-state index in [0.717, 1.165) is 6.42 Å². The zero-order valence-electron chi connectivity index (χ0n) is 10.1. The largest absolute Gasteiger partial charge is 0.300 e. The van der Waals surface area contributed by atoms with E-state index in [-0.39, 0.29) is 11.5 Å². The van der Waals surface area contributed by atoms with E-state index in [1.165, 1.54) is 31.2 Å². The van der Waals surface area contributed by atoms with Crippen LogP contribution in [0.3, 0.4) is 0 Å². The molecule has 1 atom stereocenters. The van der Waals surface area contributed by atoms with Crippen LogP contribution in [0.15, 0.2) is 29.2 Å². The summed E-state index contributed by atoms with van der Waals surface area (Å²) in [6, 6.07) is 5.73. The fourth-order valence-electron chi connectivity index (χ4n) is 1.44. The number of carbonyl (C=O) groups is 1. The fraction of sp³-hybridized carbons (Fsp3) is 0.417. The molecule has 18 heavy (non-hydrogen) atoms. The SMILES string of the molecule is CC(=O)CCCCS(=O)c1ccc([N+](=O)[O-])cc1. The van der Waals surface area contributed by atoms with Gasteiger partial charge in [-0.3, -0.25) is 14.3 Å². The molecule has 0 spiro atoms. The highest BCUT2D eigenvalue weighted by molar-refractivity contribution is 7.85. The molecule has 0 heterocycles. The molecule has 6 heteroatoms. The Morgan fingerprint density at radius 2 is 1.89 bits per heavy atom. The smallest absolute Gasteiger partial charge is 0.269 e. The zero-order chi connectivity index (χ0) is 13.5. The van der Waals surface area contributed by atoms with Crippen LogP contribution in [-0.2, 0) is 15.6 Å². The molecular formula is C12H15NO4S. The second kappa shape index (κ2) is 7.00. The van der Waals surface area contributed by atoms with Gasteiger partial charge in [0.15, 0.2) is 0 Å². The normalized spacial score (nSPS) is 12.1. The van der Waals surface area contributed by atoms with Gasteiger partial charge in [0.1, 0.15) is 5.78 Å². The van der Waals surface area contributed by atoms with Crippen LogP contribution in [0.5, 0.6) is 0 Å². The Balaban J connectivity index is 2.46. The number of carbonyl (C=O) groups excluding carboxylic acids is 1. The van der Waals surface area contributed by atoms with Crippen molar-refractivity contribution in [3.05, 3.63) is 34.4 Å². The topological polar surface area (TPSA) is 77.3 Å². The van der Waals surface area contributed by atoms with E-state index in [0.29, 0.717) is 23.5 Å². The average Bonchev–Trinajstić information content (AvgIpc) is 2.34. The molecule has 1 unspecified atom stereocenters. The molecule has 1 aromatic carbocycles. The number of nitrogens with zero attached hydrogens (tertiary/aromatic N) is 1. The van der Waals surface area contributed by atoms with Crippen molar-refractivity contribution < 1.29 is 13.9 Å². The monoisotopic (exact) mass is 269 g/mol. The van der Waals surface area contributed by atoms with Crippen LogP contribution >= 0.6 is 0 Å². The van der Waals surface area contributed by atoms with Crippen molar-refractivity contribution in [1.82, 2.24) is 0 Å². The molecule has 0 saturated heterocycles. The summed E-state index contributed by atoms with van der Waals surface area (Å²) in [4.78, 5) is 21.3. The van der Waals surface area contributed by atoms with E-state index in [1.54, 1.807) is 0 Å². The lowest BCUT2D eigenvalue weighted by atomic mass is 10.2. The molecule has 0 aliphatic heterocycles. The molecule has 0 fully saturated rings. The van der Waals surface area contributed by atoms with E-state index in [1.807, 2.05) is 0 Å². The average molecular weight is 269 g/mol. The molecule has 0 aliphatic rings. The molecule has 98 valence electrons. The maximum atomic E-state index is 11.8. The predicted molar refractivity (Wildman–Crippen MR) is 68.9 cm³/mol. The number of nitro groups is 1. The van der Waals surface area contributed by atoms with Crippen LogP contribution in [0.2, 0.25) is 0 Å². The molecule has 0 bridgehead atoms.